The predicted molar refractivity (Wildman–Crippen MR) is 59.7 cm³/mol. The average Bonchev–Trinajstić information content (AvgIpc) is 2.72. The lowest BCUT2D eigenvalue weighted by molar-refractivity contribution is 0.358. The zero-order valence-electron chi connectivity index (χ0n) is 8.89. The van der Waals surface area contributed by atoms with Crippen LogP contribution >= 0.6 is 0 Å². The van der Waals surface area contributed by atoms with Crippen LogP contribution in [0.1, 0.15) is 32.1 Å². The summed E-state index contributed by atoms with van der Waals surface area (Å²) >= 11 is 0. The molecule has 3 heteroatoms. The number of hydrogen-bond donors (Lipinski definition) is 2. The first-order valence-electron chi connectivity index (χ1n) is 5.93. The maximum Gasteiger partial charge on any atom is 0.0963 e. The van der Waals surface area contributed by atoms with E-state index in [-0.39, 0.29) is 0 Å². The van der Waals surface area contributed by atoms with Crippen molar-refractivity contribution in [3.8, 4) is 0 Å². The molecule has 2 rings (SSSR count). The minimum atomic E-state index is 0.887. The largest absolute Gasteiger partial charge is 0.374 e. The maximum atomic E-state index is 4.41. The van der Waals surface area contributed by atoms with Crippen LogP contribution in [0.15, 0.2) is 4.99 Å². The van der Waals surface area contributed by atoms with E-state index in [1.165, 1.54) is 51.0 Å². The Bertz CT molecular complexity index is 195. The molecule has 0 radical (unpaired) electrons. The monoisotopic (exact) mass is 195 g/mol. The highest BCUT2D eigenvalue weighted by Crippen LogP contribution is 2.13. The van der Waals surface area contributed by atoms with Gasteiger partial charge in [0.05, 0.1) is 5.84 Å². The van der Waals surface area contributed by atoms with Crippen molar-refractivity contribution in [2.75, 3.05) is 26.2 Å². The van der Waals surface area contributed by atoms with Crippen molar-refractivity contribution >= 4 is 5.84 Å². The quantitative estimate of drug-likeness (QED) is 0.709. The molecule has 1 atom stereocenters. The predicted octanol–water partition coefficient (Wildman–Crippen LogP) is 1.16. The maximum absolute atomic E-state index is 4.41. The molecular formula is C11H21N3. The second kappa shape index (κ2) is 5.35. The molecule has 14 heavy (non-hydrogen) atoms. The van der Waals surface area contributed by atoms with Crippen LogP contribution in [0.4, 0.5) is 0 Å². The van der Waals surface area contributed by atoms with E-state index in [9.17, 15) is 0 Å². The molecule has 2 aliphatic rings. The number of nitrogens with zero attached hydrogens (tertiary/aromatic N) is 1. The van der Waals surface area contributed by atoms with Gasteiger partial charge in [0.2, 0.25) is 0 Å². The van der Waals surface area contributed by atoms with E-state index in [1.807, 2.05) is 0 Å². The highest BCUT2D eigenvalue weighted by molar-refractivity contribution is 5.83. The third-order valence-corrected chi connectivity index (χ3v) is 3.15. The van der Waals surface area contributed by atoms with Gasteiger partial charge in [-0.3, -0.25) is 4.99 Å². The summed E-state index contributed by atoms with van der Waals surface area (Å²) in [6.07, 6.45) is 6.47. The van der Waals surface area contributed by atoms with Crippen LogP contribution in [0.2, 0.25) is 0 Å². The third kappa shape index (κ3) is 2.98. The van der Waals surface area contributed by atoms with Gasteiger partial charge in [-0.1, -0.05) is 0 Å². The lowest BCUT2D eigenvalue weighted by atomic mass is 9.96. The minimum Gasteiger partial charge on any atom is -0.374 e. The van der Waals surface area contributed by atoms with Gasteiger partial charge in [0, 0.05) is 19.5 Å². The van der Waals surface area contributed by atoms with Crippen LogP contribution in [0.5, 0.6) is 0 Å². The average molecular weight is 195 g/mol. The zero-order chi connectivity index (χ0) is 9.64. The Labute approximate surface area is 86.4 Å². The molecule has 0 bridgehead atoms. The van der Waals surface area contributed by atoms with Gasteiger partial charge >= 0.3 is 0 Å². The van der Waals surface area contributed by atoms with E-state index in [2.05, 4.69) is 15.6 Å². The minimum absolute atomic E-state index is 0.887. The van der Waals surface area contributed by atoms with Crippen molar-refractivity contribution in [1.82, 2.24) is 10.6 Å². The van der Waals surface area contributed by atoms with E-state index in [1.54, 1.807) is 0 Å². The first-order chi connectivity index (χ1) is 6.95. The fourth-order valence-electron chi connectivity index (χ4n) is 2.27. The standard InChI is InChI=1S/C11H21N3/c1-3-10(9-12-6-1)5-8-14-11-4-2-7-13-11/h10,12H,1-9H2,(H,13,14). The van der Waals surface area contributed by atoms with Crippen LogP contribution in [-0.4, -0.2) is 32.0 Å². The highest BCUT2D eigenvalue weighted by atomic mass is 15.0. The van der Waals surface area contributed by atoms with Crippen molar-refractivity contribution in [2.24, 2.45) is 10.9 Å². The molecule has 0 spiro atoms. The molecule has 3 nitrogen and oxygen atoms in total. The highest BCUT2D eigenvalue weighted by Gasteiger charge is 2.12. The van der Waals surface area contributed by atoms with Gasteiger partial charge in [-0.2, -0.15) is 0 Å². The van der Waals surface area contributed by atoms with Gasteiger partial charge in [0.25, 0.3) is 0 Å². The molecule has 2 N–H and O–H groups in total. The Morgan fingerprint density at radius 3 is 3.14 bits per heavy atom. The molecule has 1 fully saturated rings. The molecule has 0 aromatic rings. The topological polar surface area (TPSA) is 36.4 Å². The number of amidine groups is 1. The van der Waals surface area contributed by atoms with Crippen molar-refractivity contribution < 1.29 is 0 Å². The SMILES string of the molecule is C1CN=C(NCCC2CCCNC2)C1. The third-order valence-electron chi connectivity index (χ3n) is 3.15. The number of aliphatic imine (C=N–C) groups is 1. The Balaban J connectivity index is 1.57. The van der Waals surface area contributed by atoms with E-state index in [0.717, 1.165) is 19.0 Å². The lowest BCUT2D eigenvalue weighted by Gasteiger charge is -2.22. The Hall–Kier alpha value is -0.570. The van der Waals surface area contributed by atoms with Crippen LogP contribution in [0.3, 0.4) is 0 Å². The van der Waals surface area contributed by atoms with Crippen LogP contribution in [-0.2, 0) is 0 Å². The fourth-order valence-corrected chi connectivity index (χ4v) is 2.27. The number of nitrogens with one attached hydrogen (secondary N) is 2. The molecule has 80 valence electrons. The summed E-state index contributed by atoms with van der Waals surface area (Å²) in [5, 5.41) is 6.91. The van der Waals surface area contributed by atoms with Gasteiger partial charge in [-0.05, 0) is 44.7 Å². The smallest absolute Gasteiger partial charge is 0.0963 e. The summed E-state index contributed by atoms with van der Waals surface area (Å²) in [6.45, 7) is 4.59. The van der Waals surface area contributed by atoms with Crippen LogP contribution in [0.25, 0.3) is 0 Å². The second-order valence-electron chi connectivity index (χ2n) is 4.36. The number of rotatable bonds is 3. The summed E-state index contributed by atoms with van der Waals surface area (Å²) in [7, 11) is 0. The summed E-state index contributed by atoms with van der Waals surface area (Å²) in [6, 6.07) is 0. The van der Waals surface area contributed by atoms with Crippen molar-refractivity contribution in [3.05, 3.63) is 0 Å². The lowest BCUT2D eigenvalue weighted by Crippen LogP contribution is -2.32. The van der Waals surface area contributed by atoms with Crippen LogP contribution < -0.4 is 10.6 Å². The number of hydrogen-bond acceptors (Lipinski definition) is 3. The molecule has 0 aromatic heterocycles. The summed E-state index contributed by atoms with van der Waals surface area (Å²) < 4.78 is 0. The summed E-state index contributed by atoms with van der Waals surface area (Å²) in [4.78, 5) is 4.41. The zero-order valence-corrected chi connectivity index (χ0v) is 8.89. The molecule has 0 saturated carbocycles. The molecular weight excluding hydrogens is 174 g/mol. The van der Waals surface area contributed by atoms with Gasteiger partial charge < -0.3 is 10.6 Å². The molecule has 2 heterocycles. The van der Waals surface area contributed by atoms with Crippen molar-refractivity contribution in [2.45, 2.75) is 32.1 Å². The normalized spacial score (nSPS) is 27.4. The fraction of sp³-hybridized carbons (Fsp3) is 0.909. The van der Waals surface area contributed by atoms with E-state index in [0.29, 0.717) is 0 Å². The molecule has 1 unspecified atom stereocenters. The van der Waals surface area contributed by atoms with Crippen LogP contribution in [0, 0.1) is 5.92 Å². The first kappa shape index (κ1) is 9.97. The van der Waals surface area contributed by atoms with Crippen molar-refractivity contribution in [3.63, 3.8) is 0 Å². The van der Waals surface area contributed by atoms with Crippen molar-refractivity contribution in [1.29, 1.82) is 0 Å². The Kier molecular flexibility index (Phi) is 3.80. The Morgan fingerprint density at radius 1 is 1.43 bits per heavy atom. The first-order valence-corrected chi connectivity index (χ1v) is 5.93. The van der Waals surface area contributed by atoms with Gasteiger partial charge in [-0.25, -0.2) is 0 Å². The van der Waals surface area contributed by atoms with E-state index >= 15 is 0 Å². The van der Waals surface area contributed by atoms with Gasteiger partial charge in [-0.15, -0.1) is 0 Å². The molecule has 1 saturated heterocycles. The number of piperidine rings is 1. The van der Waals surface area contributed by atoms with E-state index in [4.69, 9.17) is 0 Å². The summed E-state index contributed by atoms with van der Waals surface area (Å²) in [5.74, 6) is 2.13. The molecule has 0 amide bonds. The van der Waals surface area contributed by atoms with Gasteiger partial charge in [0.1, 0.15) is 0 Å². The second-order valence-corrected chi connectivity index (χ2v) is 4.36. The van der Waals surface area contributed by atoms with Gasteiger partial charge in [0.15, 0.2) is 0 Å². The molecule has 2 aliphatic heterocycles. The molecule has 0 aromatic carbocycles. The Morgan fingerprint density at radius 2 is 2.43 bits per heavy atom. The molecule has 0 aliphatic carbocycles. The summed E-state index contributed by atoms with van der Waals surface area (Å²) in [5.41, 5.74) is 0. The van der Waals surface area contributed by atoms with E-state index < -0.39 is 0 Å².